The summed E-state index contributed by atoms with van der Waals surface area (Å²) in [7, 11) is 0. The van der Waals surface area contributed by atoms with Crippen LogP contribution in [0, 0.1) is 5.92 Å². The third-order valence-electron chi connectivity index (χ3n) is 5.47. The average Bonchev–Trinajstić information content (AvgIpc) is 2.73. The number of nitrogens with zero attached hydrogens (tertiary/aromatic N) is 2. The van der Waals surface area contributed by atoms with Crippen molar-refractivity contribution in [2.45, 2.75) is 39.0 Å². The SMILES string of the molecule is CCOc1ccc(/C=C/C(=O)N2CCN(C(=O)C3CCCCC3)CC2)cc1. The van der Waals surface area contributed by atoms with Crippen molar-refractivity contribution in [2.24, 2.45) is 5.92 Å². The lowest BCUT2D eigenvalue weighted by atomic mass is 9.88. The Labute approximate surface area is 162 Å². The average molecular weight is 370 g/mol. The van der Waals surface area contributed by atoms with Gasteiger partial charge in [-0.3, -0.25) is 9.59 Å². The molecule has 1 aliphatic carbocycles. The van der Waals surface area contributed by atoms with Gasteiger partial charge in [0.25, 0.3) is 0 Å². The van der Waals surface area contributed by atoms with Gasteiger partial charge in [-0.1, -0.05) is 31.4 Å². The predicted molar refractivity (Wildman–Crippen MR) is 106 cm³/mol. The molecule has 5 nitrogen and oxygen atoms in total. The number of hydrogen-bond donors (Lipinski definition) is 0. The molecule has 1 aliphatic heterocycles. The van der Waals surface area contributed by atoms with E-state index in [1.165, 1.54) is 19.3 Å². The highest BCUT2D eigenvalue weighted by Crippen LogP contribution is 2.25. The minimum Gasteiger partial charge on any atom is -0.494 e. The molecule has 3 rings (SSSR count). The minimum absolute atomic E-state index is 0.00801. The number of ether oxygens (including phenoxy) is 1. The first kappa shape index (κ1) is 19.5. The quantitative estimate of drug-likeness (QED) is 0.747. The number of amides is 2. The lowest BCUT2D eigenvalue weighted by molar-refractivity contribution is -0.141. The molecule has 1 saturated carbocycles. The number of hydrogen-bond acceptors (Lipinski definition) is 3. The third-order valence-corrected chi connectivity index (χ3v) is 5.47. The van der Waals surface area contributed by atoms with Crippen molar-refractivity contribution in [2.75, 3.05) is 32.8 Å². The largest absolute Gasteiger partial charge is 0.494 e. The molecule has 0 N–H and O–H groups in total. The molecule has 1 saturated heterocycles. The zero-order valence-corrected chi connectivity index (χ0v) is 16.2. The Balaban J connectivity index is 1.47. The molecule has 27 heavy (non-hydrogen) atoms. The van der Waals surface area contributed by atoms with E-state index in [9.17, 15) is 9.59 Å². The number of carbonyl (C=O) groups is 2. The molecule has 1 aromatic carbocycles. The van der Waals surface area contributed by atoms with Crippen LogP contribution >= 0.6 is 0 Å². The summed E-state index contributed by atoms with van der Waals surface area (Å²) < 4.78 is 5.42. The van der Waals surface area contributed by atoms with Crippen LogP contribution in [0.4, 0.5) is 0 Å². The summed E-state index contributed by atoms with van der Waals surface area (Å²) in [6, 6.07) is 7.69. The summed E-state index contributed by atoms with van der Waals surface area (Å²) in [4.78, 5) is 28.8. The van der Waals surface area contributed by atoms with E-state index in [-0.39, 0.29) is 11.8 Å². The monoisotopic (exact) mass is 370 g/mol. The first-order chi connectivity index (χ1) is 13.2. The molecular formula is C22H30N2O3. The summed E-state index contributed by atoms with van der Waals surface area (Å²) in [5, 5.41) is 0. The Kier molecular flexibility index (Phi) is 6.91. The fourth-order valence-electron chi connectivity index (χ4n) is 3.87. The summed E-state index contributed by atoms with van der Waals surface area (Å²) in [5.74, 6) is 1.35. The number of rotatable bonds is 5. The fourth-order valence-corrected chi connectivity index (χ4v) is 3.87. The summed E-state index contributed by atoms with van der Waals surface area (Å²) in [6.07, 6.45) is 9.11. The lowest BCUT2D eigenvalue weighted by Gasteiger charge is -2.36. The Hall–Kier alpha value is -2.30. The van der Waals surface area contributed by atoms with Crippen molar-refractivity contribution in [1.29, 1.82) is 0 Å². The summed E-state index contributed by atoms with van der Waals surface area (Å²) in [6.45, 7) is 5.13. The third kappa shape index (κ3) is 5.34. The van der Waals surface area contributed by atoms with Crippen molar-refractivity contribution in [3.05, 3.63) is 35.9 Å². The minimum atomic E-state index is 0.00801. The van der Waals surface area contributed by atoms with Crippen molar-refractivity contribution in [3.8, 4) is 5.75 Å². The normalized spacial score (nSPS) is 18.7. The highest BCUT2D eigenvalue weighted by atomic mass is 16.5. The molecule has 0 radical (unpaired) electrons. The molecular weight excluding hydrogens is 340 g/mol. The van der Waals surface area contributed by atoms with E-state index in [1.54, 1.807) is 6.08 Å². The van der Waals surface area contributed by atoms with E-state index < -0.39 is 0 Å². The second kappa shape index (κ2) is 9.58. The molecule has 0 bridgehead atoms. The number of carbonyl (C=O) groups excluding carboxylic acids is 2. The molecule has 146 valence electrons. The molecule has 2 aliphatic rings. The first-order valence-electron chi connectivity index (χ1n) is 10.2. The van der Waals surface area contributed by atoms with Gasteiger partial charge in [0, 0.05) is 38.2 Å². The van der Waals surface area contributed by atoms with Crippen LogP contribution in [0.25, 0.3) is 6.08 Å². The molecule has 2 amide bonds. The maximum Gasteiger partial charge on any atom is 0.246 e. The zero-order chi connectivity index (χ0) is 19.1. The Bertz CT molecular complexity index is 655. The van der Waals surface area contributed by atoms with Gasteiger partial charge >= 0.3 is 0 Å². The van der Waals surface area contributed by atoms with Gasteiger partial charge in [0.05, 0.1) is 6.61 Å². The van der Waals surface area contributed by atoms with Gasteiger partial charge in [-0.05, 0) is 43.5 Å². The second-order valence-electron chi connectivity index (χ2n) is 7.32. The molecule has 0 atom stereocenters. The van der Waals surface area contributed by atoms with Crippen LogP contribution in [-0.4, -0.2) is 54.4 Å². The highest BCUT2D eigenvalue weighted by Gasteiger charge is 2.29. The highest BCUT2D eigenvalue weighted by molar-refractivity contribution is 5.92. The van der Waals surface area contributed by atoms with Crippen molar-refractivity contribution in [3.63, 3.8) is 0 Å². The maximum atomic E-state index is 12.6. The number of benzene rings is 1. The van der Waals surface area contributed by atoms with Gasteiger partial charge in [0.2, 0.25) is 11.8 Å². The zero-order valence-electron chi connectivity index (χ0n) is 16.2. The van der Waals surface area contributed by atoms with Gasteiger partial charge in [-0.2, -0.15) is 0 Å². The molecule has 1 aromatic rings. The molecule has 0 spiro atoms. The van der Waals surface area contributed by atoms with Gasteiger partial charge < -0.3 is 14.5 Å². The number of piperazine rings is 1. The van der Waals surface area contributed by atoms with Crippen LogP contribution in [-0.2, 0) is 9.59 Å². The van der Waals surface area contributed by atoms with Gasteiger partial charge in [-0.15, -0.1) is 0 Å². The molecule has 1 heterocycles. The maximum absolute atomic E-state index is 12.6. The molecule has 5 heteroatoms. The van der Waals surface area contributed by atoms with E-state index >= 15 is 0 Å². The molecule has 0 aromatic heterocycles. The van der Waals surface area contributed by atoms with Gasteiger partial charge in [-0.25, -0.2) is 0 Å². The standard InChI is InChI=1S/C22H30N2O3/c1-2-27-20-11-8-18(9-12-20)10-13-21(25)23-14-16-24(17-15-23)22(26)19-6-4-3-5-7-19/h8-13,19H,2-7,14-17H2,1H3/b13-10+. The van der Waals surface area contributed by atoms with Crippen molar-refractivity contribution >= 4 is 17.9 Å². The fraction of sp³-hybridized carbons (Fsp3) is 0.545. The van der Waals surface area contributed by atoms with Crippen molar-refractivity contribution < 1.29 is 14.3 Å². The van der Waals surface area contributed by atoms with Crippen LogP contribution < -0.4 is 4.74 Å². The van der Waals surface area contributed by atoms with E-state index in [0.717, 1.165) is 24.2 Å². The lowest BCUT2D eigenvalue weighted by Crippen LogP contribution is -2.51. The molecule has 0 unspecified atom stereocenters. The van der Waals surface area contributed by atoms with E-state index in [0.29, 0.717) is 38.7 Å². The Morgan fingerprint density at radius 1 is 1.00 bits per heavy atom. The van der Waals surface area contributed by atoms with E-state index in [2.05, 4.69) is 0 Å². The Morgan fingerprint density at radius 3 is 2.26 bits per heavy atom. The van der Waals surface area contributed by atoms with Crippen LogP contribution in [0.3, 0.4) is 0 Å². The second-order valence-corrected chi connectivity index (χ2v) is 7.32. The van der Waals surface area contributed by atoms with Gasteiger partial charge in [0.1, 0.15) is 5.75 Å². The van der Waals surface area contributed by atoms with Crippen LogP contribution in [0.2, 0.25) is 0 Å². The molecule has 2 fully saturated rings. The van der Waals surface area contributed by atoms with Crippen LogP contribution in [0.1, 0.15) is 44.6 Å². The van der Waals surface area contributed by atoms with Gasteiger partial charge in [0.15, 0.2) is 0 Å². The van der Waals surface area contributed by atoms with E-state index in [4.69, 9.17) is 4.74 Å². The summed E-state index contributed by atoms with van der Waals surface area (Å²) >= 11 is 0. The van der Waals surface area contributed by atoms with E-state index in [1.807, 2.05) is 47.1 Å². The Morgan fingerprint density at radius 2 is 1.63 bits per heavy atom. The summed E-state index contributed by atoms with van der Waals surface area (Å²) in [5.41, 5.74) is 0.970. The van der Waals surface area contributed by atoms with Crippen LogP contribution in [0.15, 0.2) is 30.3 Å². The predicted octanol–water partition coefficient (Wildman–Crippen LogP) is 3.35. The van der Waals surface area contributed by atoms with Crippen LogP contribution in [0.5, 0.6) is 5.75 Å². The smallest absolute Gasteiger partial charge is 0.246 e. The van der Waals surface area contributed by atoms with Crippen molar-refractivity contribution in [1.82, 2.24) is 9.80 Å². The topological polar surface area (TPSA) is 49.9 Å². The first-order valence-corrected chi connectivity index (χ1v) is 10.2.